The maximum absolute atomic E-state index is 17.9. The number of fused-ring (bicyclic) bond motifs is 10. The van der Waals surface area contributed by atoms with E-state index >= 15 is 8.78 Å². The van der Waals surface area contributed by atoms with Gasteiger partial charge in [0.1, 0.15) is 0 Å². The van der Waals surface area contributed by atoms with E-state index in [4.69, 9.17) is 11.9 Å². The van der Waals surface area contributed by atoms with Crippen molar-refractivity contribution in [3.63, 3.8) is 0 Å². The molecule has 0 amide bonds. The molecule has 0 atom stereocenters. The topological polar surface area (TPSA) is 51.6 Å². The summed E-state index contributed by atoms with van der Waals surface area (Å²) in [6.07, 6.45) is 27.1. The number of halogens is 2. The van der Waals surface area contributed by atoms with Crippen molar-refractivity contribution in [3.8, 4) is 22.3 Å². The number of hydrogen-bond donors (Lipinski definition) is 0. The molecule has 7 rings (SSSR count). The summed E-state index contributed by atoms with van der Waals surface area (Å²) in [4.78, 5) is 0. The fraction of sp³-hybridized carbons (Fsp3) is 0.591. The molecule has 2 aliphatic carbocycles. The van der Waals surface area contributed by atoms with Crippen molar-refractivity contribution in [1.29, 1.82) is 0 Å². The summed E-state index contributed by atoms with van der Waals surface area (Å²) in [5.74, 6) is -0.480. The monoisotopic (exact) mass is 838 g/mol. The molecule has 0 radical (unpaired) electrons. The quantitative estimate of drug-likeness (QED) is 0.0505. The van der Waals surface area contributed by atoms with E-state index in [0.29, 0.717) is 28.7 Å². The third kappa shape index (κ3) is 7.53. The van der Waals surface area contributed by atoms with Gasteiger partial charge >= 0.3 is 259 Å². The molecule has 2 aliphatic rings. The first-order chi connectivity index (χ1) is 25.6. The summed E-state index contributed by atoms with van der Waals surface area (Å²) in [7, 11) is 0. The van der Waals surface area contributed by atoms with Crippen molar-refractivity contribution in [3.05, 3.63) is 58.2 Å². The molecule has 3 aromatic carbocycles. The maximum atomic E-state index is 17.9. The molecule has 4 nitrogen and oxygen atoms in total. The summed E-state index contributed by atoms with van der Waals surface area (Å²) in [6.45, 7) is 4.54. The Morgan fingerprint density at radius 3 is 1.54 bits per heavy atom. The van der Waals surface area contributed by atoms with Gasteiger partial charge in [-0.3, -0.25) is 0 Å². The molecule has 0 fully saturated rings. The second-order valence-corrected chi connectivity index (χ2v) is 17.9. The van der Waals surface area contributed by atoms with Gasteiger partial charge in [-0.15, -0.1) is 0 Å². The summed E-state index contributed by atoms with van der Waals surface area (Å²) in [5, 5.41) is 0. The molecule has 8 heteroatoms. The van der Waals surface area contributed by atoms with Gasteiger partial charge < -0.3 is 0 Å². The molecular weight excluding hydrogens is 780 g/mol. The van der Waals surface area contributed by atoms with Crippen molar-refractivity contribution in [2.24, 2.45) is 0 Å². The van der Waals surface area contributed by atoms with Crippen LogP contribution in [-0.4, -0.2) is 45.8 Å². The predicted molar refractivity (Wildman–Crippen MR) is 214 cm³/mol. The molecule has 52 heavy (non-hydrogen) atoms. The van der Waals surface area contributed by atoms with Crippen molar-refractivity contribution in [2.75, 3.05) is 0 Å². The van der Waals surface area contributed by atoms with E-state index in [1.54, 1.807) is 0 Å². The second-order valence-electron chi connectivity index (χ2n) is 15.7. The molecule has 0 unspecified atom stereocenters. The van der Waals surface area contributed by atoms with Gasteiger partial charge in [-0.25, -0.2) is 0 Å². The Kier molecular flexibility index (Phi) is 13.1. The summed E-state index contributed by atoms with van der Waals surface area (Å²) >= 11 is -0.504. The molecule has 2 aromatic heterocycles. The van der Waals surface area contributed by atoms with Gasteiger partial charge in [0.2, 0.25) is 0 Å². The molecule has 0 spiro atoms. The van der Waals surface area contributed by atoms with Gasteiger partial charge in [0.25, 0.3) is 0 Å². The second kappa shape index (κ2) is 17.9. The third-order valence-corrected chi connectivity index (χ3v) is 14.5. The first-order valence-electron chi connectivity index (χ1n) is 20.7. The van der Waals surface area contributed by atoms with Crippen LogP contribution in [0.15, 0.2) is 24.3 Å². The van der Waals surface area contributed by atoms with Crippen molar-refractivity contribution in [2.45, 2.75) is 167 Å². The minimum absolute atomic E-state index is 0.224. The predicted octanol–water partition coefficient (Wildman–Crippen LogP) is 12.4. The van der Waals surface area contributed by atoms with Crippen LogP contribution in [0.3, 0.4) is 0 Å². The Bertz CT molecular complexity index is 1940. The minimum atomic E-state index is -0.586. The van der Waals surface area contributed by atoms with E-state index in [2.05, 4.69) is 30.0 Å². The van der Waals surface area contributed by atoms with Crippen molar-refractivity contribution >= 4 is 52.0 Å². The summed E-state index contributed by atoms with van der Waals surface area (Å²) < 4.78 is 54.3. The van der Waals surface area contributed by atoms with Gasteiger partial charge in [0.15, 0.2) is 0 Å². The zero-order valence-corrected chi connectivity index (χ0v) is 34.9. The van der Waals surface area contributed by atoms with Crippen molar-refractivity contribution in [1.82, 2.24) is 15.9 Å². The molecule has 0 saturated carbocycles. The van der Waals surface area contributed by atoms with Crippen LogP contribution in [0.25, 0.3) is 44.3 Å². The molecule has 2 heterocycles. The number of rotatable bonds is 22. The summed E-state index contributed by atoms with van der Waals surface area (Å²) in [6, 6.07) is 8.25. The van der Waals surface area contributed by atoms with Gasteiger partial charge in [-0.2, -0.15) is 0 Å². The van der Waals surface area contributed by atoms with E-state index in [-0.39, 0.29) is 41.6 Å². The SMILES string of the molecule is CCCCCCCCCCCCC1(CCCCCCCCCCCC)c2ccc3n[se]nc3c2-c2c(F)c3c(c(F)c21)-c1c(ccc2n[se]nc12)C3. The Morgan fingerprint density at radius 2 is 1.00 bits per heavy atom. The first kappa shape index (κ1) is 38.0. The van der Waals surface area contributed by atoms with Crippen molar-refractivity contribution < 1.29 is 8.78 Å². The van der Waals surface area contributed by atoms with Crippen LogP contribution >= 0.6 is 0 Å². The fourth-order valence-electron chi connectivity index (χ4n) is 9.47. The van der Waals surface area contributed by atoms with E-state index in [1.165, 1.54) is 103 Å². The van der Waals surface area contributed by atoms with E-state index in [0.717, 1.165) is 82.8 Å². The first-order valence-corrected chi connectivity index (χ1v) is 23.7. The van der Waals surface area contributed by atoms with Crippen LogP contribution in [0.1, 0.15) is 177 Å². The molecule has 0 saturated heterocycles. The van der Waals surface area contributed by atoms with Crippen LogP contribution in [0.5, 0.6) is 0 Å². The Balaban J connectivity index is 1.21. The van der Waals surface area contributed by atoms with E-state index in [1.807, 2.05) is 12.1 Å². The van der Waals surface area contributed by atoms with Gasteiger partial charge in [0, 0.05) is 0 Å². The number of aromatic nitrogens is 4. The van der Waals surface area contributed by atoms with E-state index in [9.17, 15) is 0 Å². The number of benzene rings is 3. The Hall–Kier alpha value is -2.24. The number of nitrogens with zero attached hydrogens (tertiary/aromatic N) is 4. The Labute approximate surface area is 322 Å². The fourth-order valence-corrected chi connectivity index (χ4v) is 11.7. The van der Waals surface area contributed by atoms with E-state index < -0.39 is 5.41 Å². The molecule has 5 aromatic rings. The Morgan fingerprint density at radius 1 is 0.519 bits per heavy atom. The van der Waals surface area contributed by atoms with Gasteiger partial charge in [0.05, 0.1) is 0 Å². The third-order valence-electron chi connectivity index (χ3n) is 12.2. The normalized spacial score (nSPS) is 14.0. The van der Waals surface area contributed by atoms with Crippen LogP contribution in [-0.2, 0) is 11.8 Å². The zero-order chi connectivity index (χ0) is 35.9. The molecule has 0 N–H and O–H groups in total. The zero-order valence-electron chi connectivity index (χ0n) is 31.4. The standard InChI is InChI=1S/C44H56F2N4Se2/c1-3-5-7-9-11-13-15-17-19-21-27-44(28-22-20-18-16-14-12-10-8-6-4-2)32-24-26-34-43(50-52-48-34)37(32)38-39(44)41(46)36-31(40(38)45)29-30-23-25-33-42(35(30)36)49-51-47-33/h23-26H,3-22,27-29H2,1-2H3. The number of unbranched alkanes of at least 4 members (excludes halogenated alkanes) is 18. The molecule has 0 aliphatic heterocycles. The van der Waals surface area contributed by atoms with Crippen LogP contribution < -0.4 is 0 Å². The average molecular weight is 837 g/mol. The number of hydrogen-bond acceptors (Lipinski definition) is 4. The van der Waals surface area contributed by atoms with Gasteiger partial charge in [-0.1, -0.05) is 65.2 Å². The molecule has 0 bridgehead atoms. The van der Waals surface area contributed by atoms with Crippen LogP contribution in [0.4, 0.5) is 8.78 Å². The molecule has 278 valence electrons. The van der Waals surface area contributed by atoms with Crippen LogP contribution in [0, 0.1) is 11.6 Å². The average Bonchev–Trinajstić information content (AvgIpc) is 3.95. The molecular formula is C44H56F2N4Se2. The van der Waals surface area contributed by atoms with Crippen LogP contribution in [0.2, 0.25) is 0 Å². The summed E-state index contributed by atoms with van der Waals surface area (Å²) in [5.41, 5.74) is 8.29. The van der Waals surface area contributed by atoms with Gasteiger partial charge in [-0.05, 0) is 0 Å².